The Balaban J connectivity index is 2.32. The van der Waals surface area contributed by atoms with Crippen molar-refractivity contribution in [3.05, 3.63) is 16.6 Å². The van der Waals surface area contributed by atoms with E-state index in [4.69, 9.17) is 0 Å². The number of aromatic nitrogens is 1. The Kier molecular flexibility index (Phi) is 5.28. The fourth-order valence-electron chi connectivity index (χ4n) is 1.26. The molecule has 1 N–H and O–H groups in total. The van der Waals surface area contributed by atoms with Crippen LogP contribution < -0.4 is 5.32 Å². The number of nitrogens with zero attached hydrogens (tertiary/aromatic N) is 1. The van der Waals surface area contributed by atoms with Crippen molar-refractivity contribution in [3.63, 3.8) is 0 Å². The number of methoxy groups -OCH3 is 1. The molecule has 0 bridgehead atoms. The van der Waals surface area contributed by atoms with Crippen LogP contribution >= 0.6 is 11.3 Å². The predicted octanol–water partition coefficient (Wildman–Crippen LogP) is 1.75. The molecule has 1 unspecified atom stereocenters. The van der Waals surface area contributed by atoms with Gasteiger partial charge in [-0.25, -0.2) is 4.98 Å². The minimum Gasteiger partial charge on any atom is -0.469 e. The zero-order valence-corrected chi connectivity index (χ0v) is 9.84. The molecule has 84 valence electrons. The van der Waals surface area contributed by atoms with Gasteiger partial charge in [0.25, 0.3) is 0 Å². The zero-order valence-electron chi connectivity index (χ0n) is 9.03. The number of nitrogens with one attached hydrogen (secondary N) is 1. The van der Waals surface area contributed by atoms with Crippen molar-refractivity contribution in [1.29, 1.82) is 0 Å². The van der Waals surface area contributed by atoms with Crippen LogP contribution in [0, 0.1) is 0 Å². The van der Waals surface area contributed by atoms with Crippen molar-refractivity contribution in [2.24, 2.45) is 0 Å². The molecule has 1 heterocycles. The maximum Gasteiger partial charge on any atom is 0.306 e. The summed E-state index contributed by atoms with van der Waals surface area (Å²) >= 11 is 1.63. The molecule has 1 aromatic heterocycles. The first-order chi connectivity index (χ1) is 7.27. The zero-order chi connectivity index (χ0) is 11.1. The Labute approximate surface area is 93.7 Å². The van der Waals surface area contributed by atoms with Gasteiger partial charge in [-0.15, -0.1) is 11.3 Å². The molecule has 15 heavy (non-hydrogen) atoms. The normalized spacial score (nSPS) is 12.4. The van der Waals surface area contributed by atoms with E-state index < -0.39 is 0 Å². The molecule has 5 heteroatoms. The largest absolute Gasteiger partial charge is 0.469 e. The molecule has 0 aliphatic carbocycles. The lowest BCUT2D eigenvalue weighted by Crippen LogP contribution is -2.23. The number of esters is 1. The summed E-state index contributed by atoms with van der Waals surface area (Å²) in [6, 6.07) is 0.245. The van der Waals surface area contributed by atoms with Gasteiger partial charge < -0.3 is 10.1 Å². The quantitative estimate of drug-likeness (QED) is 0.754. The van der Waals surface area contributed by atoms with Crippen molar-refractivity contribution < 1.29 is 9.53 Å². The number of ether oxygens (including phenoxy) is 1. The van der Waals surface area contributed by atoms with Crippen molar-refractivity contribution in [2.75, 3.05) is 13.7 Å². The highest BCUT2D eigenvalue weighted by atomic mass is 32.1. The topological polar surface area (TPSA) is 51.2 Å². The van der Waals surface area contributed by atoms with Gasteiger partial charge in [0, 0.05) is 18.1 Å². The van der Waals surface area contributed by atoms with Crippen molar-refractivity contribution in [1.82, 2.24) is 10.3 Å². The van der Waals surface area contributed by atoms with Crippen LogP contribution in [0.2, 0.25) is 0 Å². The lowest BCUT2D eigenvalue weighted by molar-refractivity contribution is -0.140. The van der Waals surface area contributed by atoms with Gasteiger partial charge in [0.1, 0.15) is 5.01 Å². The monoisotopic (exact) mass is 228 g/mol. The highest BCUT2D eigenvalue weighted by Crippen LogP contribution is 2.18. The average Bonchev–Trinajstić information content (AvgIpc) is 2.77. The van der Waals surface area contributed by atoms with Crippen LogP contribution in [0.15, 0.2) is 11.6 Å². The molecule has 0 fully saturated rings. The van der Waals surface area contributed by atoms with Gasteiger partial charge >= 0.3 is 5.97 Å². The van der Waals surface area contributed by atoms with E-state index >= 15 is 0 Å². The van der Waals surface area contributed by atoms with Crippen LogP contribution in [0.25, 0.3) is 0 Å². The number of hydrogen-bond acceptors (Lipinski definition) is 5. The highest BCUT2D eigenvalue weighted by Gasteiger charge is 2.11. The van der Waals surface area contributed by atoms with E-state index in [1.54, 1.807) is 17.5 Å². The van der Waals surface area contributed by atoms with E-state index in [1.165, 1.54) is 7.11 Å². The van der Waals surface area contributed by atoms with Crippen LogP contribution in [-0.2, 0) is 9.53 Å². The summed E-state index contributed by atoms with van der Waals surface area (Å²) in [5, 5.41) is 6.31. The van der Waals surface area contributed by atoms with Crippen LogP contribution in [0.4, 0.5) is 0 Å². The van der Waals surface area contributed by atoms with E-state index in [0.29, 0.717) is 13.0 Å². The molecular formula is C10H16N2O2S. The number of carbonyl (C=O) groups is 1. The molecule has 1 atom stereocenters. The van der Waals surface area contributed by atoms with Crippen molar-refractivity contribution in [3.8, 4) is 0 Å². The van der Waals surface area contributed by atoms with E-state index in [1.807, 2.05) is 5.38 Å². The molecule has 1 rings (SSSR count). The standard InChI is InChI=1S/C10H16N2O2S/c1-3-8(10-12-6-7-15-10)11-5-4-9(13)14-2/h6-8,11H,3-5H2,1-2H3. The summed E-state index contributed by atoms with van der Waals surface area (Å²) < 4.78 is 4.56. The number of thiazole rings is 1. The molecule has 4 nitrogen and oxygen atoms in total. The fourth-order valence-corrected chi connectivity index (χ4v) is 2.06. The van der Waals surface area contributed by atoms with Gasteiger partial charge in [-0.3, -0.25) is 4.79 Å². The molecule has 0 saturated carbocycles. The molecule has 0 aliphatic heterocycles. The van der Waals surface area contributed by atoms with Gasteiger partial charge in [0.2, 0.25) is 0 Å². The summed E-state index contributed by atoms with van der Waals surface area (Å²) in [7, 11) is 1.40. The summed E-state index contributed by atoms with van der Waals surface area (Å²) in [5.41, 5.74) is 0. The number of rotatable bonds is 6. The van der Waals surface area contributed by atoms with Crippen LogP contribution in [0.1, 0.15) is 30.8 Å². The number of carbonyl (C=O) groups excluding carboxylic acids is 1. The van der Waals surface area contributed by atoms with E-state index in [-0.39, 0.29) is 12.0 Å². The second-order valence-electron chi connectivity index (χ2n) is 3.11. The van der Waals surface area contributed by atoms with Crippen molar-refractivity contribution >= 4 is 17.3 Å². The molecule has 0 radical (unpaired) electrons. The van der Waals surface area contributed by atoms with E-state index in [2.05, 4.69) is 22.0 Å². The summed E-state index contributed by atoms with van der Waals surface area (Å²) in [5.74, 6) is -0.184. The summed E-state index contributed by atoms with van der Waals surface area (Å²) in [6.45, 7) is 2.72. The third-order valence-electron chi connectivity index (χ3n) is 2.11. The molecule has 1 aromatic rings. The molecule has 0 saturated heterocycles. The lowest BCUT2D eigenvalue weighted by atomic mass is 10.2. The SMILES string of the molecule is CCC(NCCC(=O)OC)c1nccs1. The van der Waals surface area contributed by atoms with E-state index in [0.717, 1.165) is 11.4 Å². The maximum atomic E-state index is 10.9. The Morgan fingerprint density at radius 2 is 2.53 bits per heavy atom. The van der Waals surface area contributed by atoms with Crippen LogP contribution in [0.3, 0.4) is 0 Å². The third-order valence-corrected chi connectivity index (χ3v) is 2.99. The Bertz CT molecular complexity index is 288. The second-order valence-corrected chi connectivity index (χ2v) is 4.04. The second kappa shape index (κ2) is 6.53. The lowest BCUT2D eigenvalue weighted by Gasteiger charge is -2.13. The number of hydrogen-bond donors (Lipinski definition) is 1. The van der Waals surface area contributed by atoms with Gasteiger partial charge in [0.05, 0.1) is 19.6 Å². The van der Waals surface area contributed by atoms with E-state index in [9.17, 15) is 4.79 Å². The summed E-state index contributed by atoms with van der Waals surface area (Å²) in [4.78, 5) is 15.1. The minimum absolute atomic E-state index is 0.184. The maximum absolute atomic E-state index is 10.9. The fraction of sp³-hybridized carbons (Fsp3) is 0.600. The molecule has 0 spiro atoms. The Morgan fingerprint density at radius 3 is 3.07 bits per heavy atom. The van der Waals surface area contributed by atoms with Gasteiger partial charge in [0.15, 0.2) is 0 Å². The smallest absolute Gasteiger partial charge is 0.306 e. The van der Waals surface area contributed by atoms with Crippen molar-refractivity contribution in [2.45, 2.75) is 25.8 Å². The third kappa shape index (κ3) is 3.97. The predicted molar refractivity (Wildman–Crippen MR) is 59.8 cm³/mol. The molecule has 0 amide bonds. The first-order valence-corrected chi connectivity index (χ1v) is 5.85. The molecule has 0 aromatic carbocycles. The first kappa shape index (κ1) is 12.1. The van der Waals surface area contributed by atoms with Gasteiger partial charge in [-0.2, -0.15) is 0 Å². The molecular weight excluding hydrogens is 212 g/mol. The Morgan fingerprint density at radius 1 is 1.73 bits per heavy atom. The van der Waals surface area contributed by atoms with Gasteiger partial charge in [-0.1, -0.05) is 6.92 Å². The van der Waals surface area contributed by atoms with Crippen LogP contribution in [-0.4, -0.2) is 24.6 Å². The minimum atomic E-state index is -0.184. The van der Waals surface area contributed by atoms with Crippen LogP contribution in [0.5, 0.6) is 0 Å². The highest BCUT2D eigenvalue weighted by molar-refractivity contribution is 7.09. The average molecular weight is 228 g/mol. The molecule has 0 aliphatic rings. The Hall–Kier alpha value is -0.940. The summed E-state index contributed by atoms with van der Waals surface area (Å²) in [6.07, 6.45) is 3.16. The van der Waals surface area contributed by atoms with Gasteiger partial charge in [-0.05, 0) is 6.42 Å². The first-order valence-electron chi connectivity index (χ1n) is 4.97.